The van der Waals surface area contributed by atoms with E-state index in [1.807, 2.05) is 61.5 Å². The largest absolute Gasteiger partial charge is 0.464 e. The van der Waals surface area contributed by atoms with E-state index >= 15 is 0 Å². The SMILES string of the molecule is CCCCc1nc(C)cn1Cc1ccc(NC(=O)C(Cc2ccccc2)n2cccc2C(=O)OC)cc1. The summed E-state index contributed by atoms with van der Waals surface area (Å²) in [5.41, 5.74) is 4.19. The molecule has 2 aromatic heterocycles. The number of amides is 1. The van der Waals surface area contributed by atoms with Gasteiger partial charge in [0.2, 0.25) is 5.91 Å². The Hall–Kier alpha value is -4.13. The number of methoxy groups -OCH3 is 1. The third-order valence-corrected chi connectivity index (χ3v) is 6.39. The second kappa shape index (κ2) is 12.2. The van der Waals surface area contributed by atoms with Gasteiger partial charge in [-0.1, -0.05) is 55.8 Å². The van der Waals surface area contributed by atoms with E-state index in [1.54, 1.807) is 22.9 Å². The van der Waals surface area contributed by atoms with Crippen molar-refractivity contribution < 1.29 is 14.3 Å². The van der Waals surface area contributed by atoms with E-state index in [1.165, 1.54) is 7.11 Å². The fourth-order valence-corrected chi connectivity index (χ4v) is 4.48. The third-order valence-electron chi connectivity index (χ3n) is 6.39. The minimum atomic E-state index is -0.624. The number of nitrogens with one attached hydrogen (secondary N) is 1. The molecule has 0 radical (unpaired) electrons. The third kappa shape index (κ3) is 6.55. The van der Waals surface area contributed by atoms with Crippen molar-refractivity contribution in [2.75, 3.05) is 12.4 Å². The molecule has 0 fully saturated rings. The standard InChI is InChI=1S/C30H34N4O3/c1-4-5-13-28-31-22(2)20-33(28)21-24-14-16-25(17-15-24)32-29(35)27(19-23-10-7-6-8-11-23)34-18-9-12-26(34)30(36)37-3/h6-12,14-18,20,27H,4-5,13,19,21H2,1-3H3,(H,32,35). The topological polar surface area (TPSA) is 78.2 Å². The van der Waals surface area contributed by atoms with Gasteiger partial charge in [-0.15, -0.1) is 0 Å². The molecule has 1 amide bonds. The average Bonchev–Trinajstić information content (AvgIpc) is 3.53. The Kier molecular flexibility index (Phi) is 8.56. The maximum atomic E-state index is 13.5. The molecule has 0 saturated heterocycles. The van der Waals surface area contributed by atoms with Gasteiger partial charge in [-0.2, -0.15) is 0 Å². The van der Waals surface area contributed by atoms with Crippen LogP contribution in [-0.4, -0.2) is 33.1 Å². The number of hydrogen-bond donors (Lipinski definition) is 1. The molecule has 0 aliphatic rings. The lowest BCUT2D eigenvalue weighted by Gasteiger charge is -2.21. The summed E-state index contributed by atoms with van der Waals surface area (Å²) in [7, 11) is 1.34. The highest BCUT2D eigenvalue weighted by Gasteiger charge is 2.25. The zero-order valence-electron chi connectivity index (χ0n) is 21.7. The Morgan fingerprint density at radius 2 is 1.76 bits per heavy atom. The first-order valence-corrected chi connectivity index (χ1v) is 12.7. The highest BCUT2D eigenvalue weighted by atomic mass is 16.5. The second-order valence-electron chi connectivity index (χ2n) is 9.21. The van der Waals surface area contributed by atoms with Gasteiger partial charge in [0.25, 0.3) is 0 Å². The van der Waals surface area contributed by atoms with Crippen LogP contribution in [0.2, 0.25) is 0 Å². The van der Waals surface area contributed by atoms with Gasteiger partial charge in [0.05, 0.1) is 12.8 Å². The molecule has 2 heterocycles. The fourth-order valence-electron chi connectivity index (χ4n) is 4.48. The summed E-state index contributed by atoms with van der Waals surface area (Å²) in [5.74, 6) is 0.423. The number of hydrogen-bond acceptors (Lipinski definition) is 4. The molecule has 1 atom stereocenters. The Labute approximate surface area is 218 Å². The van der Waals surface area contributed by atoms with Crippen molar-refractivity contribution in [3.8, 4) is 0 Å². The van der Waals surface area contributed by atoms with Gasteiger partial charge in [0.15, 0.2) is 0 Å². The van der Waals surface area contributed by atoms with Gasteiger partial charge in [-0.3, -0.25) is 4.79 Å². The van der Waals surface area contributed by atoms with E-state index in [9.17, 15) is 9.59 Å². The van der Waals surface area contributed by atoms with Gasteiger partial charge >= 0.3 is 5.97 Å². The van der Waals surface area contributed by atoms with Crippen molar-refractivity contribution in [1.82, 2.24) is 14.1 Å². The lowest BCUT2D eigenvalue weighted by Crippen LogP contribution is -2.29. The number of esters is 1. The summed E-state index contributed by atoms with van der Waals surface area (Å²) in [6, 6.07) is 20.4. The smallest absolute Gasteiger partial charge is 0.354 e. The monoisotopic (exact) mass is 498 g/mol. The number of unbranched alkanes of at least 4 members (excludes halogenated alkanes) is 1. The van der Waals surface area contributed by atoms with Gasteiger partial charge in [0.1, 0.15) is 17.6 Å². The molecule has 4 aromatic rings. The van der Waals surface area contributed by atoms with Crippen molar-refractivity contribution in [2.45, 2.75) is 52.1 Å². The van der Waals surface area contributed by atoms with Crippen molar-refractivity contribution in [3.05, 3.63) is 107 Å². The number of carbonyl (C=O) groups is 2. The number of aryl methyl sites for hydroxylation is 2. The number of aromatic nitrogens is 3. The van der Waals surface area contributed by atoms with E-state index < -0.39 is 12.0 Å². The van der Waals surface area contributed by atoms with Crippen molar-refractivity contribution in [2.24, 2.45) is 0 Å². The number of ether oxygens (including phenoxy) is 1. The molecule has 0 bridgehead atoms. The van der Waals surface area contributed by atoms with Crippen molar-refractivity contribution in [3.63, 3.8) is 0 Å². The summed E-state index contributed by atoms with van der Waals surface area (Å²) in [5, 5.41) is 3.04. The quantitative estimate of drug-likeness (QED) is 0.273. The zero-order chi connectivity index (χ0) is 26.2. The molecule has 0 aliphatic heterocycles. The molecule has 0 saturated carbocycles. The molecule has 7 heteroatoms. The minimum Gasteiger partial charge on any atom is -0.464 e. The Morgan fingerprint density at radius 1 is 1.00 bits per heavy atom. The minimum absolute atomic E-state index is 0.204. The predicted molar refractivity (Wildman–Crippen MR) is 145 cm³/mol. The first-order chi connectivity index (χ1) is 18.0. The molecule has 1 N–H and O–H groups in total. The van der Waals surface area contributed by atoms with Crippen LogP contribution in [0.3, 0.4) is 0 Å². The summed E-state index contributed by atoms with van der Waals surface area (Å²) < 4.78 is 8.81. The lowest BCUT2D eigenvalue weighted by molar-refractivity contribution is -0.119. The zero-order valence-corrected chi connectivity index (χ0v) is 21.7. The summed E-state index contributed by atoms with van der Waals surface area (Å²) >= 11 is 0. The Bertz CT molecular complexity index is 1320. The average molecular weight is 499 g/mol. The first-order valence-electron chi connectivity index (χ1n) is 12.7. The van der Waals surface area contributed by atoms with Crippen LogP contribution in [0.15, 0.2) is 79.1 Å². The molecule has 4 rings (SSSR count). The molecule has 192 valence electrons. The van der Waals surface area contributed by atoms with Gasteiger partial charge < -0.3 is 19.2 Å². The van der Waals surface area contributed by atoms with Crippen LogP contribution in [0.5, 0.6) is 0 Å². The van der Waals surface area contributed by atoms with Gasteiger partial charge in [-0.25, -0.2) is 9.78 Å². The highest BCUT2D eigenvalue weighted by Crippen LogP contribution is 2.22. The number of benzene rings is 2. The molecule has 1 unspecified atom stereocenters. The fraction of sp³-hybridized carbons (Fsp3) is 0.300. The second-order valence-corrected chi connectivity index (χ2v) is 9.21. The number of rotatable bonds is 11. The molecule has 2 aromatic carbocycles. The van der Waals surface area contributed by atoms with Crippen LogP contribution in [0.1, 0.15) is 58.9 Å². The maximum Gasteiger partial charge on any atom is 0.354 e. The van der Waals surface area contributed by atoms with Crippen molar-refractivity contribution >= 4 is 17.6 Å². The molecule has 37 heavy (non-hydrogen) atoms. The molecule has 0 aliphatic carbocycles. The van der Waals surface area contributed by atoms with E-state index in [0.717, 1.165) is 48.5 Å². The highest BCUT2D eigenvalue weighted by molar-refractivity contribution is 5.95. The number of imidazole rings is 1. The normalized spacial score (nSPS) is 11.8. The molecule has 0 spiro atoms. The molecular formula is C30H34N4O3. The molecule has 7 nitrogen and oxygen atoms in total. The van der Waals surface area contributed by atoms with Gasteiger partial charge in [0, 0.05) is 37.5 Å². The predicted octanol–water partition coefficient (Wildman–Crippen LogP) is 5.59. The van der Waals surface area contributed by atoms with E-state index in [2.05, 4.69) is 28.0 Å². The van der Waals surface area contributed by atoms with Crippen molar-refractivity contribution in [1.29, 1.82) is 0 Å². The van der Waals surface area contributed by atoms with E-state index in [-0.39, 0.29) is 5.91 Å². The summed E-state index contributed by atoms with van der Waals surface area (Å²) in [4.78, 5) is 30.5. The number of nitrogens with zero attached hydrogens (tertiary/aromatic N) is 3. The first kappa shape index (κ1) is 25.9. The van der Waals surface area contributed by atoms with Crippen LogP contribution < -0.4 is 5.32 Å². The summed E-state index contributed by atoms with van der Waals surface area (Å²) in [6.07, 6.45) is 7.48. The lowest BCUT2D eigenvalue weighted by atomic mass is 10.0. The summed E-state index contributed by atoms with van der Waals surface area (Å²) in [6.45, 7) is 4.94. The van der Waals surface area contributed by atoms with Crippen LogP contribution in [0.25, 0.3) is 0 Å². The van der Waals surface area contributed by atoms with E-state index in [0.29, 0.717) is 17.8 Å². The van der Waals surface area contributed by atoms with Gasteiger partial charge in [-0.05, 0) is 48.7 Å². The van der Waals surface area contributed by atoms with Crippen LogP contribution in [0.4, 0.5) is 5.69 Å². The Morgan fingerprint density at radius 3 is 2.46 bits per heavy atom. The Balaban J connectivity index is 1.51. The van der Waals surface area contributed by atoms with Crippen LogP contribution >= 0.6 is 0 Å². The maximum absolute atomic E-state index is 13.5. The van der Waals surface area contributed by atoms with Crippen LogP contribution in [-0.2, 0) is 28.9 Å². The van der Waals surface area contributed by atoms with E-state index in [4.69, 9.17) is 4.74 Å². The molecular weight excluding hydrogens is 464 g/mol. The van der Waals surface area contributed by atoms with Crippen LogP contribution in [0, 0.1) is 6.92 Å². The number of carbonyl (C=O) groups excluding carboxylic acids is 2. The number of anilines is 1.